The lowest BCUT2D eigenvalue weighted by molar-refractivity contribution is -0.391. The van der Waals surface area contributed by atoms with Crippen LogP contribution < -0.4 is 4.74 Å². The summed E-state index contributed by atoms with van der Waals surface area (Å²) in [5.41, 5.74) is -2.48. The van der Waals surface area contributed by atoms with Crippen LogP contribution >= 0.6 is 0 Å². The lowest BCUT2D eigenvalue weighted by atomic mass is 10.2. The highest BCUT2D eigenvalue weighted by atomic mass is 19.4. The average molecular weight is 286 g/mol. The third-order valence-corrected chi connectivity index (χ3v) is 1.76. The number of rotatable bonds is 4. The maximum Gasteiger partial charge on any atom is 0.573 e. The van der Waals surface area contributed by atoms with E-state index < -0.39 is 40.5 Å². The van der Waals surface area contributed by atoms with Gasteiger partial charge in [0.1, 0.15) is 0 Å². The molecule has 0 N–H and O–H groups in total. The number of hydrogen-bond acceptors (Lipinski definition) is 5. The second-order valence-corrected chi connectivity index (χ2v) is 3.01. The number of nitro groups is 1. The molecule has 19 heavy (non-hydrogen) atoms. The first kappa shape index (κ1) is 14.7. The van der Waals surface area contributed by atoms with Crippen LogP contribution in [0, 0.1) is 10.1 Å². The van der Waals surface area contributed by atoms with Gasteiger partial charge in [-0.3, -0.25) is 4.79 Å². The molecule has 11 heteroatoms. The number of carbonyl (C=O) groups is 1. The summed E-state index contributed by atoms with van der Waals surface area (Å²) in [6.07, 6.45) is -9.12. The summed E-state index contributed by atoms with van der Waals surface area (Å²) < 4.78 is 64.4. The summed E-state index contributed by atoms with van der Waals surface area (Å²) in [6.45, 7) is 0. The normalized spacial score (nSPS) is 11.5. The van der Waals surface area contributed by atoms with Gasteiger partial charge < -0.3 is 14.9 Å². The molecule has 0 amide bonds. The number of aldehydes is 1. The molecular formula is C8H3F5N2O4. The van der Waals surface area contributed by atoms with E-state index >= 15 is 0 Å². The first-order chi connectivity index (χ1) is 8.65. The molecule has 0 aromatic carbocycles. The third-order valence-electron chi connectivity index (χ3n) is 1.76. The molecule has 0 unspecified atom stereocenters. The topological polar surface area (TPSA) is 82.3 Å². The zero-order valence-electron chi connectivity index (χ0n) is 8.65. The van der Waals surface area contributed by atoms with Crippen LogP contribution in [-0.4, -0.2) is 22.6 Å². The number of hydrogen-bond donors (Lipinski definition) is 0. The first-order valence-electron chi connectivity index (χ1n) is 4.34. The van der Waals surface area contributed by atoms with Gasteiger partial charge in [-0.15, -0.1) is 13.2 Å². The molecule has 104 valence electrons. The minimum Gasteiger partial charge on any atom is -0.405 e. The molecule has 0 atom stereocenters. The number of nitrogens with zero attached hydrogens (tertiary/aromatic N) is 2. The zero-order valence-corrected chi connectivity index (χ0v) is 8.65. The van der Waals surface area contributed by atoms with Crippen molar-refractivity contribution in [3.8, 4) is 5.75 Å². The van der Waals surface area contributed by atoms with E-state index in [0.29, 0.717) is 0 Å². The Labute approximate surface area is 101 Å². The molecule has 1 heterocycles. The van der Waals surface area contributed by atoms with E-state index in [1.54, 1.807) is 0 Å². The van der Waals surface area contributed by atoms with E-state index in [0.717, 1.165) is 0 Å². The average Bonchev–Trinajstić information content (AvgIpc) is 2.24. The fourth-order valence-corrected chi connectivity index (χ4v) is 1.15. The maximum absolute atomic E-state index is 12.6. The van der Waals surface area contributed by atoms with Crippen molar-refractivity contribution in [3.63, 3.8) is 0 Å². The van der Waals surface area contributed by atoms with E-state index in [-0.39, 0.29) is 12.4 Å². The van der Waals surface area contributed by atoms with Gasteiger partial charge in [0, 0.05) is 6.07 Å². The second kappa shape index (κ2) is 5.12. The Morgan fingerprint density at radius 2 is 2.00 bits per heavy atom. The van der Waals surface area contributed by atoms with Crippen molar-refractivity contribution in [3.05, 3.63) is 27.4 Å². The van der Waals surface area contributed by atoms with Crippen molar-refractivity contribution in [2.24, 2.45) is 0 Å². The van der Waals surface area contributed by atoms with Crippen molar-refractivity contribution >= 4 is 12.1 Å². The minimum atomic E-state index is -5.35. The first-order valence-corrected chi connectivity index (χ1v) is 4.34. The fourth-order valence-electron chi connectivity index (χ4n) is 1.15. The van der Waals surface area contributed by atoms with Crippen LogP contribution in [0.5, 0.6) is 5.75 Å². The van der Waals surface area contributed by atoms with Gasteiger partial charge in [0.15, 0.2) is 17.6 Å². The summed E-state index contributed by atoms with van der Waals surface area (Å²) in [5.74, 6) is -3.11. The SMILES string of the molecule is O=Cc1cc(OC(F)(F)F)c(C(F)F)c([N+](=O)[O-])n1. The van der Waals surface area contributed by atoms with E-state index in [4.69, 9.17) is 0 Å². The molecule has 1 aromatic heterocycles. The minimum absolute atomic E-state index is 0.133. The molecule has 0 radical (unpaired) electrons. The van der Waals surface area contributed by atoms with Crippen molar-refractivity contribution < 1.29 is 36.4 Å². The molecular weight excluding hydrogens is 283 g/mol. The van der Waals surface area contributed by atoms with Gasteiger partial charge in [-0.05, 0) is 9.91 Å². The summed E-state index contributed by atoms with van der Waals surface area (Å²) in [4.78, 5) is 22.3. The Hall–Kier alpha value is -2.33. The van der Waals surface area contributed by atoms with E-state index in [1.165, 1.54) is 0 Å². The number of pyridine rings is 1. The molecule has 1 rings (SSSR count). The molecule has 0 saturated heterocycles. The highest BCUT2D eigenvalue weighted by Gasteiger charge is 2.37. The number of alkyl halides is 5. The Morgan fingerprint density at radius 3 is 2.37 bits per heavy atom. The molecule has 0 aliphatic rings. The van der Waals surface area contributed by atoms with E-state index in [9.17, 15) is 36.9 Å². The molecule has 6 nitrogen and oxygen atoms in total. The van der Waals surface area contributed by atoms with Crippen molar-refractivity contribution in [2.75, 3.05) is 0 Å². The monoisotopic (exact) mass is 286 g/mol. The summed E-state index contributed by atoms with van der Waals surface area (Å²) in [6, 6.07) is 0.245. The van der Waals surface area contributed by atoms with Crippen LogP contribution in [0.2, 0.25) is 0 Å². The van der Waals surface area contributed by atoms with Crippen LogP contribution in [0.15, 0.2) is 6.07 Å². The summed E-state index contributed by atoms with van der Waals surface area (Å²) in [7, 11) is 0. The highest BCUT2D eigenvalue weighted by Crippen LogP contribution is 2.38. The largest absolute Gasteiger partial charge is 0.573 e. The van der Waals surface area contributed by atoms with E-state index in [1.807, 2.05) is 0 Å². The molecule has 0 aliphatic carbocycles. The van der Waals surface area contributed by atoms with Gasteiger partial charge >= 0.3 is 12.2 Å². The number of carbonyl (C=O) groups excluding carboxylic acids is 1. The Bertz CT molecular complexity index is 517. The van der Waals surface area contributed by atoms with Crippen molar-refractivity contribution in [1.29, 1.82) is 0 Å². The standard InChI is InChI=1S/C8H3F5N2O4/c9-6(10)5-4(19-8(11,12)13)1-3(2-16)14-7(5)15(17)18/h1-2,6H. The fraction of sp³-hybridized carbons (Fsp3) is 0.250. The van der Waals surface area contributed by atoms with Gasteiger partial charge in [-0.1, -0.05) is 0 Å². The predicted octanol–water partition coefficient (Wildman–Crippen LogP) is 2.64. The van der Waals surface area contributed by atoms with Gasteiger partial charge in [0.25, 0.3) is 6.43 Å². The molecule has 0 spiro atoms. The smallest absolute Gasteiger partial charge is 0.405 e. The van der Waals surface area contributed by atoms with E-state index in [2.05, 4.69) is 9.72 Å². The summed E-state index contributed by atoms with van der Waals surface area (Å²) >= 11 is 0. The number of ether oxygens (including phenoxy) is 1. The van der Waals surface area contributed by atoms with Gasteiger partial charge in [-0.25, -0.2) is 8.78 Å². The Kier molecular flexibility index (Phi) is 3.97. The zero-order chi connectivity index (χ0) is 14.8. The number of halogens is 5. The maximum atomic E-state index is 12.6. The molecule has 1 aromatic rings. The molecule has 0 saturated carbocycles. The highest BCUT2D eigenvalue weighted by molar-refractivity contribution is 5.74. The molecule has 0 fully saturated rings. The van der Waals surface area contributed by atoms with Gasteiger partial charge in [0.05, 0.1) is 0 Å². The van der Waals surface area contributed by atoms with Crippen LogP contribution in [0.4, 0.5) is 27.8 Å². The van der Waals surface area contributed by atoms with Gasteiger partial charge in [0.2, 0.25) is 5.69 Å². The lowest BCUT2D eigenvalue weighted by Crippen LogP contribution is -2.19. The Morgan fingerprint density at radius 1 is 1.42 bits per heavy atom. The predicted molar refractivity (Wildman–Crippen MR) is 47.9 cm³/mol. The van der Waals surface area contributed by atoms with Crippen LogP contribution in [0.3, 0.4) is 0 Å². The third kappa shape index (κ3) is 3.56. The molecule has 0 bridgehead atoms. The summed E-state index contributed by atoms with van der Waals surface area (Å²) in [5, 5.41) is 10.5. The Balaban J connectivity index is 3.52. The lowest BCUT2D eigenvalue weighted by Gasteiger charge is -2.12. The van der Waals surface area contributed by atoms with Crippen molar-refractivity contribution in [2.45, 2.75) is 12.8 Å². The quantitative estimate of drug-likeness (QED) is 0.368. The van der Waals surface area contributed by atoms with Crippen LogP contribution in [0.25, 0.3) is 0 Å². The van der Waals surface area contributed by atoms with Crippen LogP contribution in [0.1, 0.15) is 22.5 Å². The second-order valence-electron chi connectivity index (χ2n) is 3.01. The van der Waals surface area contributed by atoms with Crippen LogP contribution in [-0.2, 0) is 0 Å². The van der Waals surface area contributed by atoms with Gasteiger partial charge in [-0.2, -0.15) is 0 Å². The van der Waals surface area contributed by atoms with Crippen molar-refractivity contribution in [1.82, 2.24) is 4.98 Å². The molecule has 0 aliphatic heterocycles. The number of aromatic nitrogens is 1.